The van der Waals surface area contributed by atoms with Crippen molar-refractivity contribution in [3.63, 3.8) is 0 Å². The zero-order chi connectivity index (χ0) is 30.2. The Labute approximate surface area is 267 Å². The van der Waals surface area contributed by atoms with E-state index >= 15 is 0 Å². The van der Waals surface area contributed by atoms with Gasteiger partial charge in [0.1, 0.15) is 0 Å². The first-order chi connectivity index (χ1) is 22.8. The van der Waals surface area contributed by atoms with Gasteiger partial charge < -0.3 is 0 Å². The lowest BCUT2D eigenvalue weighted by Gasteiger charge is -2.17. The summed E-state index contributed by atoms with van der Waals surface area (Å²) < 4.78 is 0. The summed E-state index contributed by atoms with van der Waals surface area (Å²) >= 11 is 0. The summed E-state index contributed by atoms with van der Waals surface area (Å²) in [5.74, 6) is 0. The quantitative estimate of drug-likeness (QED) is 0.182. The summed E-state index contributed by atoms with van der Waals surface area (Å²) in [4.78, 5) is 0. The van der Waals surface area contributed by atoms with Gasteiger partial charge in [0.25, 0.3) is 0 Å². The van der Waals surface area contributed by atoms with Gasteiger partial charge >= 0.3 is 0 Å². The minimum Gasteiger partial charge on any atom is -0.0622 e. The van der Waals surface area contributed by atoms with Crippen molar-refractivity contribution < 1.29 is 0 Å². The van der Waals surface area contributed by atoms with Gasteiger partial charge in [-0.2, -0.15) is 0 Å². The fourth-order valence-corrected chi connectivity index (χ4v) is 7.85. The van der Waals surface area contributed by atoms with E-state index in [2.05, 4.69) is 170 Å². The molecule has 46 heavy (non-hydrogen) atoms. The van der Waals surface area contributed by atoms with Crippen molar-refractivity contribution >= 4 is 64.6 Å². The molecule has 10 aromatic rings. The maximum Gasteiger partial charge on any atom is -0.00203 e. The first-order valence-corrected chi connectivity index (χ1v) is 16.0. The van der Waals surface area contributed by atoms with Gasteiger partial charge in [0.2, 0.25) is 0 Å². The van der Waals surface area contributed by atoms with E-state index in [1.807, 2.05) is 0 Å². The molecule has 212 valence electrons. The van der Waals surface area contributed by atoms with Crippen LogP contribution in [0.5, 0.6) is 0 Å². The molecule has 0 heteroatoms. The first-order valence-electron chi connectivity index (χ1n) is 16.0. The van der Waals surface area contributed by atoms with Crippen molar-refractivity contribution in [3.05, 3.63) is 170 Å². The van der Waals surface area contributed by atoms with E-state index in [1.165, 1.54) is 98.0 Å². The van der Waals surface area contributed by atoms with E-state index < -0.39 is 0 Å². The highest BCUT2D eigenvalue weighted by Crippen LogP contribution is 2.44. The topological polar surface area (TPSA) is 0 Å². The maximum absolute atomic E-state index is 2.41. The van der Waals surface area contributed by atoms with Crippen molar-refractivity contribution in [2.24, 2.45) is 0 Å². The van der Waals surface area contributed by atoms with Crippen molar-refractivity contribution in [1.82, 2.24) is 0 Å². The van der Waals surface area contributed by atoms with Crippen molar-refractivity contribution in [2.75, 3.05) is 0 Å². The Morgan fingerprint density at radius 3 is 1.20 bits per heavy atom. The Morgan fingerprint density at radius 2 is 0.609 bits per heavy atom. The number of hydrogen-bond donors (Lipinski definition) is 0. The van der Waals surface area contributed by atoms with Crippen LogP contribution in [0.1, 0.15) is 0 Å². The molecule has 0 aliphatic rings. The lowest BCUT2D eigenvalue weighted by Crippen LogP contribution is -1.90. The molecule has 0 aliphatic carbocycles. The van der Waals surface area contributed by atoms with Gasteiger partial charge in [-0.1, -0.05) is 164 Å². The monoisotopic (exact) mass is 580 g/mol. The summed E-state index contributed by atoms with van der Waals surface area (Å²) in [6.45, 7) is 0. The summed E-state index contributed by atoms with van der Waals surface area (Å²) in [6.07, 6.45) is 0. The van der Waals surface area contributed by atoms with Gasteiger partial charge in [0, 0.05) is 0 Å². The molecule has 0 atom stereocenters. The lowest BCUT2D eigenvalue weighted by atomic mass is 9.86. The molecule has 0 heterocycles. The molecule has 10 aromatic carbocycles. The van der Waals surface area contributed by atoms with Crippen LogP contribution in [-0.2, 0) is 0 Å². The van der Waals surface area contributed by atoms with Crippen molar-refractivity contribution in [3.8, 4) is 33.4 Å². The predicted molar refractivity (Wildman–Crippen MR) is 199 cm³/mol. The molecule has 0 amide bonds. The van der Waals surface area contributed by atoms with Crippen LogP contribution in [-0.4, -0.2) is 0 Å². The molecule has 0 spiro atoms. The molecular weight excluding hydrogens is 553 g/mol. The van der Waals surface area contributed by atoms with E-state index in [-0.39, 0.29) is 0 Å². The van der Waals surface area contributed by atoms with Gasteiger partial charge in [-0.25, -0.2) is 0 Å². The molecule has 0 saturated heterocycles. The van der Waals surface area contributed by atoms with Gasteiger partial charge in [-0.3, -0.25) is 0 Å². The molecule has 10 rings (SSSR count). The van der Waals surface area contributed by atoms with Crippen LogP contribution in [0.3, 0.4) is 0 Å². The van der Waals surface area contributed by atoms with Crippen molar-refractivity contribution in [2.45, 2.75) is 0 Å². The van der Waals surface area contributed by atoms with Gasteiger partial charge in [0.05, 0.1) is 0 Å². The summed E-state index contributed by atoms with van der Waals surface area (Å²) in [6, 6.07) is 62.8. The van der Waals surface area contributed by atoms with E-state index in [0.717, 1.165) is 0 Å². The standard InChI is InChI=1S/C46H28/c1-2-8-29(9-3-1)30-14-16-31(17-15-30)35-23-18-32-21-27-43-36(24-19-33-20-26-42(35)45(32)46(33)43)34-22-25-41-39-12-5-4-10-37(39)38-11-6-7-13-40(38)44(41)28-34/h1-28H. The molecule has 0 unspecified atom stereocenters. The third-order valence-electron chi connectivity index (χ3n) is 10.0. The summed E-state index contributed by atoms with van der Waals surface area (Å²) in [5.41, 5.74) is 7.53. The van der Waals surface area contributed by atoms with Crippen LogP contribution >= 0.6 is 0 Å². The summed E-state index contributed by atoms with van der Waals surface area (Å²) in [7, 11) is 0. The highest BCUT2D eigenvalue weighted by molar-refractivity contribution is 6.29. The third kappa shape index (κ3) is 3.68. The van der Waals surface area contributed by atoms with Gasteiger partial charge in [-0.15, -0.1) is 0 Å². The molecule has 0 fully saturated rings. The van der Waals surface area contributed by atoms with Crippen LogP contribution in [0.15, 0.2) is 170 Å². The second kappa shape index (κ2) is 9.76. The Hall–Kier alpha value is -5.98. The van der Waals surface area contributed by atoms with Crippen LogP contribution < -0.4 is 0 Å². The minimum atomic E-state index is 1.24. The normalized spacial score (nSPS) is 11.9. The summed E-state index contributed by atoms with van der Waals surface area (Å²) in [5, 5.41) is 15.7. The van der Waals surface area contributed by atoms with Crippen molar-refractivity contribution in [1.29, 1.82) is 0 Å². The number of benzene rings is 10. The zero-order valence-electron chi connectivity index (χ0n) is 25.2. The van der Waals surface area contributed by atoms with Gasteiger partial charge in [0.15, 0.2) is 0 Å². The van der Waals surface area contributed by atoms with Crippen LogP contribution in [0, 0.1) is 0 Å². The molecule has 0 aliphatic heterocycles. The Kier molecular flexibility index (Phi) is 5.38. The van der Waals surface area contributed by atoms with Crippen LogP contribution in [0.25, 0.3) is 98.0 Å². The molecule has 0 bridgehead atoms. The highest BCUT2D eigenvalue weighted by Gasteiger charge is 2.16. The second-order valence-electron chi connectivity index (χ2n) is 12.4. The zero-order valence-corrected chi connectivity index (χ0v) is 25.2. The number of rotatable bonds is 3. The second-order valence-corrected chi connectivity index (χ2v) is 12.4. The fraction of sp³-hybridized carbons (Fsp3) is 0. The SMILES string of the molecule is c1ccc(-c2ccc(-c3ccc4ccc5c(-c6ccc7c8ccccc8c8ccccc8c7c6)ccc6ccc3c4c65)cc2)cc1. The Bertz CT molecular complexity index is 2730. The molecule has 0 N–H and O–H groups in total. The molecule has 0 nitrogen and oxygen atoms in total. The molecule has 0 aromatic heterocycles. The first kappa shape index (κ1) is 25.4. The predicted octanol–water partition coefficient (Wildman–Crippen LogP) is 13.0. The highest BCUT2D eigenvalue weighted by atomic mass is 14.2. The Balaban J connectivity index is 1.19. The maximum atomic E-state index is 2.41. The van der Waals surface area contributed by atoms with Crippen LogP contribution in [0.4, 0.5) is 0 Å². The average Bonchev–Trinajstić information content (AvgIpc) is 3.14. The van der Waals surface area contributed by atoms with E-state index in [4.69, 9.17) is 0 Å². The molecule has 0 saturated carbocycles. The van der Waals surface area contributed by atoms with E-state index in [1.54, 1.807) is 0 Å². The molecule has 0 radical (unpaired) electrons. The smallest absolute Gasteiger partial charge is 0.00203 e. The minimum absolute atomic E-state index is 1.24. The average molecular weight is 581 g/mol. The lowest BCUT2D eigenvalue weighted by molar-refractivity contribution is 1.61. The molecular formula is C46H28. The third-order valence-corrected chi connectivity index (χ3v) is 10.0. The number of hydrogen-bond acceptors (Lipinski definition) is 0. The van der Waals surface area contributed by atoms with E-state index in [0.29, 0.717) is 0 Å². The van der Waals surface area contributed by atoms with Gasteiger partial charge in [-0.05, 0) is 104 Å². The van der Waals surface area contributed by atoms with E-state index in [9.17, 15) is 0 Å². The largest absolute Gasteiger partial charge is 0.0622 e. The fourth-order valence-electron chi connectivity index (χ4n) is 7.85. The number of fused-ring (bicyclic) bond motifs is 6. The van der Waals surface area contributed by atoms with Crippen LogP contribution in [0.2, 0.25) is 0 Å². The Morgan fingerprint density at radius 1 is 0.217 bits per heavy atom.